The average Bonchev–Trinajstić information content (AvgIpc) is 2.54. The number of sulfonamides is 1. The van der Waals surface area contributed by atoms with Crippen molar-refractivity contribution in [3.63, 3.8) is 0 Å². The SMILES string of the molecule is CC(C)(C)OC(=O)[C@H](Cc1ccccc1)NS(=O)(=O)c1ccccn1. The van der Waals surface area contributed by atoms with E-state index in [1.165, 1.54) is 12.3 Å². The number of carbonyl (C=O) groups excluding carboxylic acids is 1. The Morgan fingerprint density at radius 1 is 1.12 bits per heavy atom. The highest BCUT2D eigenvalue weighted by molar-refractivity contribution is 7.89. The first-order chi connectivity index (χ1) is 11.7. The summed E-state index contributed by atoms with van der Waals surface area (Å²) in [5.41, 5.74) is 0.102. The number of pyridine rings is 1. The van der Waals surface area contributed by atoms with Crippen molar-refractivity contribution in [3.8, 4) is 0 Å². The molecule has 0 saturated carbocycles. The largest absolute Gasteiger partial charge is 0.459 e. The molecule has 1 heterocycles. The third-order valence-corrected chi connectivity index (χ3v) is 4.57. The summed E-state index contributed by atoms with van der Waals surface area (Å²) in [4.78, 5) is 16.3. The molecule has 6 nitrogen and oxygen atoms in total. The monoisotopic (exact) mass is 362 g/mol. The van der Waals surface area contributed by atoms with Crippen LogP contribution in [-0.2, 0) is 26.0 Å². The number of carbonyl (C=O) groups is 1. The number of benzene rings is 1. The Kier molecular flexibility index (Phi) is 5.92. The Morgan fingerprint density at radius 3 is 2.32 bits per heavy atom. The van der Waals surface area contributed by atoms with Crippen LogP contribution >= 0.6 is 0 Å². The highest BCUT2D eigenvalue weighted by Crippen LogP contribution is 2.14. The minimum absolute atomic E-state index is 0.142. The minimum atomic E-state index is -3.94. The van der Waals surface area contributed by atoms with Crippen LogP contribution in [-0.4, -0.2) is 31.0 Å². The van der Waals surface area contributed by atoms with E-state index in [1.54, 1.807) is 32.9 Å². The van der Waals surface area contributed by atoms with Crippen LogP contribution in [0.5, 0.6) is 0 Å². The lowest BCUT2D eigenvalue weighted by atomic mass is 10.1. The molecule has 0 spiro atoms. The summed E-state index contributed by atoms with van der Waals surface area (Å²) in [6.07, 6.45) is 1.57. The minimum Gasteiger partial charge on any atom is -0.459 e. The maximum atomic E-state index is 12.5. The van der Waals surface area contributed by atoms with Crippen molar-refractivity contribution >= 4 is 16.0 Å². The molecule has 0 saturated heterocycles. The van der Waals surface area contributed by atoms with Crippen molar-refractivity contribution < 1.29 is 17.9 Å². The average molecular weight is 362 g/mol. The zero-order chi connectivity index (χ0) is 18.5. The number of rotatable bonds is 6. The number of aromatic nitrogens is 1. The molecular weight excluding hydrogens is 340 g/mol. The van der Waals surface area contributed by atoms with Gasteiger partial charge in [0.1, 0.15) is 11.6 Å². The fourth-order valence-corrected chi connectivity index (χ4v) is 3.28. The van der Waals surface area contributed by atoms with E-state index < -0.39 is 27.6 Å². The van der Waals surface area contributed by atoms with Gasteiger partial charge in [0.15, 0.2) is 5.03 Å². The van der Waals surface area contributed by atoms with Crippen LogP contribution in [0.3, 0.4) is 0 Å². The van der Waals surface area contributed by atoms with Crippen LogP contribution in [0.15, 0.2) is 59.8 Å². The maximum absolute atomic E-state index is 12.5. The smallest absolute Gasteiger partial charge is 0.325 e. The third kappa shape index (κ3) is 5.95. The van der Waals surface area contributed by atoms with Crippen LogP contribution in [0.25, 0.3) is 0 Å². The van der Waals surface area contributed by atoms with Gasteiger partial charge in [-0.15, -0.1) is 0 Å². The summed E-state index contributed by atoms with van der Waals surface area (Å²) in [6.45, 7) is 5.20. The van der Waals surface area contributed by atoms with Crippen molar-refractivity contribution in [2.24, 2.45) is 0 Å². The normalized spacial score (nSPS) is 13.2. The highest BCUT2D eigenvalue weighted by Gasteiger charge is 2.30. The van der Waals surface area contributed by atoms with E-state index in [0.29, 0.717) is 0 Å². The molecule has 0 bridgehead atoms. The van der Waals surface area contributed by atoms with Gasteiger partial charge in [-0.1, -0.05) is 36.4 Å². The number of esters is 1. The molecule has 2 aromatic rings. The van der Waals surface area contributed by atoms with E-state index in [2.05, 4.69) is 9.71 Å². The van der Waals surface area contributed by atoms with Gasteiger partial charge in [0.05, 0.1) is 0 Å². The van der Waals surface area contributed by atoms with Crippen LogP contribution in [0, 0.1) is 0 Å². The second-order valence-corrected chi connectivity index (χ2v) is 8.23. The first-order valence-corrected chi connectivity index (χ1v) is 9.36. The Balaban J connectivity index is 2.26. The molecular formula is C18H22N2O4S. The van der Waals surface area contributed by atoms with Crippen molar-refractivity contribution in [3.05, 3.63) is 60.3 Å². The van der Waals surface area contributed by atoms with Gasteiger partial charge in [-0.05, 0) is 44.9 Å². The van der Waals surface area contributed by atoms with Crippen molar-refractivity contribution in [1.82, 2.24) is 9.71 Å². The highest BCUT2D eigenvalue weighted by atomic mass is 32.2. The molecule has 0 aliphatic rings. The molecule has 0 aliphatic heterocycles. The summed E-state index contributed by atoms with van der Waals surface area (Å²) < 4.78 is 32.8. The maximum Gasteiger partial charge on any atom is 0.325 e. The third-order valence-electron chi connectivity index (χ3n) is 3.18. The van der Waals surface area contributed by atoms with Gasteiger partial charge in [-0.25, -0.2) is 13.4 Å². The van der Waals surface area contributed by atoms with Gasteiger partial charge in [-0.3, -0.25) is 4.79 Å². The molecule has 1 atom stereocenters. The number of ether oxygens (including phenoxy) is 1. The van der Waals surface area contributed by atoms with Crippen LogP contribution in [0.1, 0.15) is 26.3 Å². The molecule has 7 heteroatoms. The lowest BCUT2D eigenvalue weighted by molar-refractivity contribution is -0.156. The molecule has 0 radical (unpaired) electrons. The molecule has 0 fully saturated rings. The Labute approximate surface area is 148 Å². The zero-order valence-electron chi connectivity index (χ0n) is 14.5. The lowest BCUT2D eigenvalue weighted by Gasteiger charge is -2.24. The molecule has 2 rings (SSSR count). The van der Waals surface area contributed by atoms with Crippen molar-refractivity contribution in [2.75, 3.05) is 0 Å². The fourth-order valence-electron chi connectivity index (χ4n) is 2.15. The summed E-state index contributed by atoms with van der Waals surface area (Å²) in [6, 6.07) is 12.7. The van der Waals surface area contributed by atoms with Gasteiger partial charge in [0.25, 0.3) is 10.0 Å². The second-order valence-electron chi connectivity index (χ2n) is 6.57. The van der Waals surface area contributed by atoms with Gasteiger partial charge < -0.3 is 4.74 Å². The predicted molar refractivity (Wildman–Crippen MR) is 94.3 cm³/mol. The van der Waals surface area contributed by atoms with Gasteiger partial charge in [-0.2, -0.15) is 4.72 Å². The molecule has 1 N–H and O–H groups in total. The summed E-state index contributed by atoms with van der Waals surface area (Å²) in [7, 11) is -3.94. The number of hydrogen-bond acceptors (Lipinski definition) is 5. The van der Waals surface area contributed by atoms with E-state index in [-0.39, 0.29) is 11.4 Å². The molecule has 134 valence electrons. The standard InChI is InChI=1S/C18H22N2O4S/c1-18(2,3)24-17(21)15(13-14-9-5-4-6-10-14)20-25(22,23)16-11-7-8-12-19-16/h4-12,15,20H,13H2,1-3H3/t15-/m0/s1. The summed E-state index contributed by atoms with van der Waals surface area (Å²) in [5, 5.41) is -0.142. The predicted octanol–water partition coefficient (Wildman–Crippen LogP) is 2.31. The fraction of sp³-hybridized carbons (Fsp3) is 0.333. The molecule has 0 aliphatic carbocycles. The molecule has 0 unspecified atom stereocenters. The van der Waals surface area contributed by atoms with E-state index in [0.717, 1.165) is 5.56 Å². The van der Waals surface area contributed by atoms with Crippen LogP contribution in [0.2, 0.25) is 0 Å². The van der Waals surface area contributed by atoms with E-state index >= 15 is 0 Å². The van der Waals surface area contributed by atoms with Crippen molar-refractivity contribution in [2.45, 2.75) is 43.9 Å². The lowest BCUT2D eigenvalue weighted by Crippen LogP contribution is -2.45. The molecule has 0 amide bonds. The first-order valence-electron chi connectivity index (χ1n) is 7.87. The zero-order valence-corrected chi connectivity index (χ0v) is 15.3. The molecule has 25 heavy (non-hydrogen) atoms. The Morgan fingerprint density at radius 2 is 1.76 bits per heavy atom. The Bertz CT molecular complexity index is 800. The number of hydrogen-bond donors (Lipinski definition) is 1. The van der Waals surface area contributed by atoms with E-state index in [1.807, 2.05) is 30.3 Å². The van der Waals surface area contributed by atoms with Gasteiger partial charge in [0, 0.05) is 6.20 Å². The second kappa shape index (κ2) is 7.76. The number of nitrogens with one attached hydrogen (secondary N) is 1. The first kappa shape index (κ1) is 19.1. The van der Waals surface area contributed by atoms with E-state index in [9.17, 15) is 13.2 Å². The van der Waals surface area contributed by atoms with Crippen LogP contribution in [0.4, 0.5) is 0 Å². The van der Waals surface area contributed by atoms with Crippen LogP contribution < -0.4 is 4.72 Å². The van der Waals surface area contributed by atoms with Gasteiger partial charge >= 0.3 is 5.97 Å². The summed E-state index contributed by atoms with van der Waals surface area (Å²) >= 11 is 0. The Hall–Kier alpha value is -2.25. The number of nitrogens with zero attached hydrogens (tertiary/aromatic N) is 1. The van der Waals surface area contributed by atoms with Crippen molar-refractivity contribution in [1.29, 1.82) is 0 Å². The quantitative estimate of drug-likeness (QED) is 0.797. The van der Waals surface area contributed by atoms with E-state index in [4.69, 9.17) is 4.74 Å². The molecule has 1 aromatic heterocycles. The summed E-state index contributed by atoms with van der Waals surface area (Å²) in [5.74, 6) is -0.629. The topological polar surface area (TPSA) is 85.4 Å². The molecule has 1 aromatic carbocycles. The van der Waals surface area contributed by atoms with Gasteiger partial charge in [0.2, 0.25) is 0 Å².